The van der Waals surface area contributed by atoms with Crippen LogP contribution >= 0.6 is 0 Å². The van der Waals surface area contributed by atoms with Gasteiger partial charge in [0.15, 0.2) is 0 Å². The van der Waals surface area contributed by atoms with Crippen molar-refractivity contribution in [3.63, 3.8) is 0 Å². The highest BCUT2D eigenvalue weighted by molar-refractivity contribution is 5.94. The van der Waals surface area contributed by atoms with Crippen molar-refractivity contribution in [2.75, 3.05) is 26.2 Å². The third-order valence-corrected chi connectivity index (χ3v) is 6.18. The minimum Gasteiger partial charge on any atom is -0.344 e. The van der Waals surface area contributed by atoms with Crippen molar-refractivity contribution in [1.82, 2.24) is 15.1 Å². The molecule has 0 saturated carbocycles. The lowest BCUT2D eigenvalue weighted by Crippen LogP contribution is -2.49. The van der Waals surface area contributed by atoms with E-state index in [1.54, 1.807) is 0 Å². The van der Waals surface area contributed by atoms with Gasteiger partial charge in [-0.3, -0.25) is 14.4 Å². The van der Waals surface area contributed by atoms with E-state index in [0.29, 0.717) is 32.6 Å². The van der Waals surface area contributed by atoms with Gasteiger partial charge >= 0.3 is 0 Å². The van der Waals surface area contributed by atoms with Gasteiger partial charge in [0.2, 0.25) is 11.8 Å². The molecule has 2 fully saturated rings. The average Bonchev–Trinajstić information content (AvgIpc) is 3.15. The standard InChI is InChI=1S/C25H31N3O3/c1-19(2)17-22(26-20(3)29)24(31)28-16-13-25(18-28)11-14-27(15-12-25)23(30)10-9-21-7-5-4-6-8-21/h4-8,22H,1,11-18H2,2-3H3,(H,26,29)/t22-/m0/s1. The summed E-state index contributed by atoms with van der Waals surface area (Å²) in [6, 6.07) is 8.94. The molecule has 1 aromatic rings. The molecule has 1 spiro atoms. The van der Waals surface area contributed by atoms with E-state index >= 15 is 0 Å². The summed E-state index contributed by atoms with van der Waals surface area (Å²) < 4.78 is 0. The smallest absolute Gasteiger partial charge is 0.298 e. The minimum atomic E-state index is -0.555. The Bertz CT molecular complexity index is 889. The normalized spacial score (nSPS) is 18.1. The zero-order valence-corrected chi connectivity index (χ0v) is 18.4. The average molecular weight is 422 g/mol. The Morgan fingerprint density at radius 1 is 1.06 bits per heavy atom. The summed E-state index contributed by atoms with van der Waals surface area (Å²) in [5.41, 5.74) is 1.74. The molecule has 2 aliphatic heterocycles. The molecule has 2 saturated heterocycles. The van der Waals surface area contributed by atoms with Crippen molar-refractivity contribution in [2.45, 2.75) is 45.6 Å². The van der Waals surface area contributed by atoms with Gasteiger partial charge in [-0.1, -0.05) is 29.7 Å². The topological polar surface area (TPSA) is 69.7 Å². The van der Waals surface area contributed by atoms with E-state index in [9.17, 15) is 14.4 Å². The van der Waals surface area contributed by atoms with Crippen LogP contribution in [0.15, 0.2) is 42.5 Å². The van der Waals surface area contributed by atoms with Crippen LogP contribution in [0.5, 0.6) is 0 Å². The summed E-state index contributed by atoms with van der Waals surface area (Å²) in [5, 5.41) is 2.77. The van der Waals surface area contributed by atoms with Crippen molar-refractivity contribution in [3.05, 3.63) is 48.0 Å². The van der Waals surface area contributed by atoms with Crippen LogP contribution in [0, 0.1) is 17.3 Å². The van der Waals surface area contributed by atoms with Crippen LogP contribution in [0.3, 0.4) is 0 Å². The van der Waals surface area contributed by atoms with Crippen LogP contribution in [0.4, 0.5) is 0 Å². The first-order chi connectivity index (χ1) is 14.8. The molecule has 1 aromatic carbocycles. The molecule has 1 atom stereocenters. The van der Waals surface area contributed by atoms with Crippen molar-refractivity contribution in [2.24, 2.45) is 5.41 Å². The largest absolute Gasteiger partial charge is 0.344 e. The van der Waals surface area contributed by atoms with E-state index < -0.39 is 6.04 Å². The Balaban J connectivity index is 1.56. The third-order valence-electron chi connectivity index (χ3n) is 6.18. The third kappa shape index (κ3) is 5.97. The van der Waals surface area contributed by atoms with Gasteiger partial charge in [-0.2, -0.15) is 0 Å². The number of piperidine rings is 1. The minimum absolute atomic E-state index is 0.0395. The van der Waals surface area contributed by atoms with Crippen LogP contribution in [0.2, 0.25) is 0 Å². The van der Waals surface area contributed by atoms with Gasteiger partial charge in [0.1, 0.15) is 6.04 Å². The molecule has 0 aromatic heterocycles. The molecule has 6 nitrogen and oxygen atoms in total. The van der Waals surface area contributed by atoms with Crippen LogP contribution in [0.1, 0.15) is 45.1 Å². The van der Waals surface area contributed by atoms with E-state index in [2.05, 4.69) is 23.7 Å². The molecule has 0 aliphatic carbocycles. The second kappa shape index (κ2) is 9.82. The number of hydrogen-bond acceptors (Lipinski definition) is 3. The van der Waals surface area contributed by atoms with Gasteiger partial charge in [0.25, 0.3) is 5.91 Å². The maximum atomic E-state index is 13.0. The molecule has 2 aliphatic rings. The van der Waals surface area contributed by atoms with E-state index in [4.69, 9.17) is 0 Å². The highest BCUT2D eigenvalue weighted by Gasteiger charge is 2.43. The molecule has 0 bridgehead atoms. The monoisotopic (exact) mass is 421 g/mol. The number of nitrogens with zero attached hydrogens (tertiary/aromatic N) is 2. The maximum absolute atomic E-state index is 13.0. The first-order valence-electron chi connectivity index (χ1n) is 10.8. The number of hydrogen-bond donors (Lipinski definition) is 1. The lowest BCUT2D eigenvalue weighted by molar-refractivity contribution is -0.136. The predicted octanol–water partition coefficient (Wildman–Crippen LogP) is 2.35. The summed E-state index contributed by atoms with van der Waals surface area (Å²) in [6.45, 7) is 9.85. The zero-order valence-electron chi connectivity index (χ0n) is 18.4. The van der Waals surface area contributed by atoms with Crippen LogP contribution in [0.25, 0.3) is 0 Å². The number of nitrogens with one attached hydrogen (secondary N) is 1. The number of benzene rings is 1. The summed E-state index contributed by atoms with van der Waals surface area (Å²) in [7, 11) is 0. The molecule has 3 rings (SSSR count). The van der Waals surface area contributed by atoms with E-state index in [1.165, 1.54) is 6.92 Å². The number of carbonyl (C=O) groups is 3. The molecular weight excluding hydrogens is 390 g/mol. The highest BCUT2D eigenvalue weighted by atomic mass is 16.2. The quantitative estimate of drug-likeness (QED) is 0.599. The highest BCUT2D eigenvalue weighted by Crippen LogP contribution is 2.40. The molecule has 0 radical (unpaired) electrons. The van der Waals surface area contributed by atoms with Crippen LogP contribution in [-0.2, 0) is 14.4 Å². The zero-order chi connectivity index (χ0) is 22.4. The first-order valence-corrected chi connectivity index (χ1v) is 10.8. The van der Waals surface area contributed by atoms with Crippen molar-refractivity contribution < 1.29 is 14.4 Å². The van der Waals surface area contributed by atoms with E-state index in [0.717, 1.165) is 30.4 Å². The van der Waals surface area contributed by atoms with E-state index in [-0.39, 0.29) is 23.1 Å². The van der Waals surface area contributed by atoms with Crippen LogP contribution < -0.4 is 5.32 Å². The summed E-state index contributed by atoms with van der Waals surface area (Å²) in [6.07, 6.45) is 3.10. The Kier molecular flexibility index (Phi) is 7.17. The van der Waals surface area contributed by atoms with Crippen molar-refractivity contribution in [1.29, 1.82) is 0 Å². The number of rotatable bonds is 4. The molecule has 6 heteroatoms. The van der Waals surface area contributed by atoms with E-state index in [1.807, 2.05) is 47.1 Å². The predicted molar refractivity (Wildman–Crippen MR) is 120 cm³/mol. The molecular formula is C25H31N3O3. The van der Waals surface area contributed by atoms with Gasteiger partial charge in [-0.25, -0.2) is 0 Å². The van der Waals surface area contributed by atoms with Gasteiger partial charge in [0, 0.05) is 44.6 Å². The molecule has 1 N–H and O–H groups in total. The molecule has 164 valence electrons. The van der Waals surface area contributed by atoms with Crippen molar-refractivity contribution >= 4 is 17.7 Å². The molecule has 0 unspecified atom stereocenters. The first kappa shape index (κ1) is 22.6. The van der Waals surface area contributed by atoms with Crippen molar-refractivity contribution in [3.8, 4) is 11.8 Å². The number of amides is 3. The molecule has 3 amide bonds. The summed E-state index contributed by atoms with van der Waals surface area (Å²) >= 11 is 0. The number of likely N-dealkylation sites (tertiary alicyclic amines) is 2. The maximum Gasteiger partial charge on any atom is 0.298 e. The summed E-state index contributed by atoms with van der Waals surface area (Å²) in [5.74, 6) is 5.29. The summed E-state index contributed by atoms with van der Waals surface area (Å²) in [4.78, 5) is 40.7. The van der Waals surface area contributed by atoms with Gasteiger partial charge in [-0.15, -0.1) is 6.58 Å². The van der Waals surface area contributed by atoms with Gasteiger partial charge in [-0.05, 0) is 50.2 Å². The van der Waals surface area contributed by atoms with Gasteiger partial charge in [0.05, 0.1) is 0 Å². The molecule has 2 heterocycles. The Morgan fingerprint density at radius 2 is 1.68 bits per heavy atom. The fourth-order valence-electron chi connectivity index (χ4n) is 4.46. The van der Waals surface area contributed by atoms with Crippen LogP contribution in [-0.4, -0.2) is 59.7 Å². The SMILES string of the molecule is C=C(C)C[C@H](NC(C)=O)C(=O)N1CCC2(CCN(C(=O)C#Cc3ccccc3)CC2)C1. The molecule has 31 heavy (non-hydrogen) atoms. The lowest BCUT2D eigenvalue weighted by Gasteiger charge is -2.38. The second-order valence-electron chi connectivity index (χ2n) is 8.83. The second-order valence-corrected chi connectivity index (χ2v) is 8.83. The number of carbonyl (C=O) groups excluding carboxylic acids is 3. The van der Waals surface area contributed by atoms with Gasteiger partial charge < -0.3 is 15.1 Å². The Morgan fingerprint density at radius 3 is 2.26 bits per heavy atom. The Hall–Kier alpha value is -3.07. The Labute approximate surface area is 184 Å². The fraction of sp³-hybridized carbons (Fsp3) is 0.480. The fourth-order valence-corrected chi connectivity index (χ4v) is 4.46. The lowest BCUT2D eigenvalue weighted by atomic mass is 9.78.